The van der Waals surface area contributed by atoms with Crippen molar-refractivity contribution in [2.24, 2.45) is 11.8 Å². The van der Waals surface area contributed by atoms with Crippen LogP contribution in [0.25, 0.3) is 11.1 Å². The van der Waals surface area contributed by atoms with Crippen molar-refractivity contribution >= 4 is 17.0 Å². The van der Waals surface area contributed by atoms with Gasteiger partial charge in [-0.3, -0.25) is 4.79 Å². The highest BCUT2D eigenvalue weighted by Crippen LogP contribution is 2.43. The molecule has 1 amide bonds. The number of hydrogen-bond donors (Lipinski definition) is 0. The summed E-state index contributed by atoms with van der Waals surface area (Å²) in [6.45, 7) is 6.65. The molecule has 2 fully saturated rings. The van der Waals surface area contributed by atoms with Crippen molar-refractivity contribution in [2.75, 3.05) is 13.1 Å². The summed E-state index contributed by atoms with van der Waals surface area (Å²) in [6.07, 6.45) is -2.22. The van der Waals surface area contributed by atoms with Gasteiger partial charge in [0.15, 0.2) is 0 Å². The number of pyridine rings is 1. The Balaban J connectivity index is 1.71. The molecule has 3 atom stereocenters. The molecule has 2 aliphatic rings. The topological polar surface area (TPSA) is 59.2 Å². The van der Waals surface area contributed by atoms with Gasteiger partial charge in [0.05, 0.1) is 16.6 Å². The first kappa shape index (κ1) is 19.2. The van der Waals surface area contributed by atoms with Gasteiger partial charge in [-0.15, -0.1) is 0 Å². The molecule has 152 valence electrons. The van der Waals surface area contributed by atoms with Crippen LogP contribution in [0.4, 0.5) is 13.2 Å². The van der Waals surface area contributed by atoms with Crippen LogP contribution in [-0.4, -0.2) is 34.0 Å². The number of carbonyl (C=O) groups excluding carboxylic acids is 1. The molecule has 0 bridgehead atoms. The number of carbonyl (C=O) groups is 1. The highest BCUT2D eigenvalue weighted by molar-refractivity contribution is 5.83. The number of alkyl halides is 3. The summed E-state index contributed by atoms with van der Waals surface area (Å²) in [4.78, 5) is 18.6. The Morgan fingerprint density at radius 2 is 2.07 bits per heavy atom. The maximum Gasteiger partial charge on any atom is 0.417 e. The van der Waals surface area contributed by atoms with Gasteiger partial charge in [0.25, 0.3) is 5.71 Å². The first-order valence-electron chi connectivity index (χ1n) is 9.83. The number of fused-ring (bicyclic) bond motifs is 1. The molecule has 1 aliphatic carbocycles. The first-order chi connectivity index (χ1) is 13.2. The van der Waals surface area contributed by atoms with Gasteiger partial charge in [-0.05, 0) is 37.2 Å². The van der Waals surface area contributed by atoms with E-state index in [9.17, 15) is 18.0 Å². The number of piperidine rings is 1. The van der Waals surface area contributed by atoms with Crippen molar-refractivity contribution in [1.82, 2.24) is 15.0 Å². The summed E-state index contributed by atoms with van der Waals surface area (Å²) in [6, 6.07) is 1.10. The van der Waals surface area contributed by atoms with Crippen molar-refractivity contribution in [3.63, 3.8) is 0 Å². The monoisotopic (exact) mass is 395 g/mol. The zero-order chi connectivity index (χ0) is 20.2. The van der Waals surface area contributed by atoms with Crippen LogP contribution in [0, 0.1) is 11.8 Å². The molecule has 1 saturated heterocycles. The van der Waals surface area contributed by atoms with E-state index in [1.807, 2.05) is 6.92 Å². The van der Waals surface area contributed by atoms with E-state index in [1.54, 1.807) is 18.7 Å². The van der Waals surface area contributed by atoms with Crippen molar-refractivity contribution in [1.29, 1.82) is 0 Å². The van der Waals surface area contributed by atoms with E-state index < -0.39 is 11.7 Å². The van der Waals surface area contributed by atoms with E-state index in [4.69, 9.17) is 4.52 Å². The number of amides is 1. The SMILES string of the molecule is CC(C)c1cc(C(F)(F)F)c2c(C3CCCN(C(=O)C4CC4C)C3)noc2n1. The number of aromatic nitrogens is 2. The number of likely N-dealkylation sites (tertiary alicyclic amines) is 1. The molecule has 5 nitrogen and oxygen atoms in total. The van der Waals surface area contributed by atoms with Gasteiger partial charge < -0.3 is 9.42 Å². The van der Waals surface area contributed by atoms with E-state index in [-0.39, 0.29) is 40.5 Å². The highest BCUT2D eigenvalue weighted by Gasteiger charge is 2.43. The molecule has 2 aromatic rings. The van der Waals surface area contributed by atoms with Gasteiger partial charge in [0.1, 0.15) is 0 Å². The van der Waals surface area contributed by atoms with E-state index in [1.165, 1.54) is 0 Å². The molecule has 0 aromatic carbocycles. The molecule has 1 aliphatic heterocycles. The third-order valence-corrected chi connectivity index (χ3v) is 5.94. The summed E-state index contributed by atoms with van der Waals surface area (Å²) in [5.41, 5.74) is -0.235. The summed E-state index contributed by atoms with van der Waals surface area (Å²) in [7, 11) is 0. The zero-order valence-electron chi connectivity index (χ0n) is 16.2. The lowest BCUT2D eigenvalue weighted by molar-refractivity contribution is -0.136. The van der Waals surface area contributed by atoms with Crippen LogP contribution >= 0.6 is 0 Å². The smallest absolute Gasteiger partial charge is 0.342 e. The van der Waals surface area contributed by atoms with Gasteiger partial charge >= 0.3 is 6.18 Å². The zero-order valence-corrected chi connectivity index (χ0v) is 16.2. The molecule has 2 aromatic heterocycles. The lowest BCUT2D eigenvalue weighted by atomic mass is 9.91. The van der Waals surface area contributed by atoms with E-state index >= 15 is 0 Å². The Morgan fingerprint density at radius 3 is 2.68 bits per heavy atom. The minimum absolute atomic E-state index is 0.0593. The van der Waals surface area contributed by atoms with Gasteiger partial charge in [-0.2, -0.15) is 13.2 Å². The third kappa shape index (κ3) is 3.37. The quantitative estimate of drug-likeness (QED) is 0.754. The standard InChI is InChI=1S/C20H24F3N3O2/c1-10(2)15-8-14(20(21,22)23)16-17(25-28-18(16)24-15)12-5-4-6-26(9-12)19(27)13-7-11(13)3/h8,10-13H,4-7,9H2,1-3H3. The van der Waals surface area contributed by atoms with Gasteiger partial charge in [0.2, 0.25) is 5.91 Å². The summed E-state index contributed by atoms with van der Waals surface area (Å²) >= 11 is 0. The molecule has 8 heteroatoms. The predicted molar refractivity (Wildman–Crippen MR) is 96.7 cm³/mol. The average Bonchev–Trinajstić information content (AvgIpc) is 3.22. The molecule has 4 rings (SSSR count). The fourth-order valence-corrected chi connectivity index (χ4v) is 4.09. The Hall–Kier alpha value is -2.12. The van der Waals surface area contributed by atoms with Crippen LogP contribution < -0.4 is 0 Å². The second kappa shape index (κ2) is 6.74. The second-order valence-electron chi connectivity index (χ2n) is 8.44. The number of rotatable bonds is 3. The molecule has 28 heavy (non-hydrogen) atoms. The Kier molecular flexibility index (Phi) is 4.62. The van der Waals surface area contributed by atoms with Crippen molar-refractivity contribution in [2.45, 2.75) is 58.0 Å². The largest absolute Gasteiger partial charge is 0.417 e. The maximum absolute atomic E-state index is 13.8. The van der Waals surface area contributed by atoms with Gasteiger partial charge in [0, 0.05) is 30.6 Å². The Morgan fingerprint density at radius 1 is 1.36 bits per heavy atom. The third-order valence-electron chi connectivity index (χ3n) is 5.94. The Labute approximate surface area is 161 Å². The van der Waals surface area contributed by atoms with Crippen LogP contribution in [-0.2, 0) is 11.0 Å². The van der Waals surface area contributed by atoms with E-state index in [0.29, 0.717) is 31.1 Å². The van der Waals surface area contributed by atoms with Gasteiger partial charge in [-0.25, -0.2) is 4.98 Å². The van der Waals surface area contributed by atoms with Crippen molar-refractivity contribution < 1.29 is 22.5 Å². The minimum atomic E-state index is -4.53. The number of halogens is 3. The lowest BCUT2D eigenvalue weighted by Gasteiger charge is -2.32. The fraction of sp³-hybridized carbons (Fsp3) is 0.650. The Bertz CT molecular complexity index is 906. The van der Waals surface area contributed by atoms with Crippen LogP contribution in [0.2, 0.25) is 0 Å². The first-order valence-corrected chi connectivity index (χ1v) is 9.83. The molecular weight excluding hydrogens is 371 g/mol. The molecule has 3 heterocycles. The summed E-state index contributed by atoms with van der Waals surface area (Å²) < 4.78 is 46.6. The van der Waals surface area contributed by atoms with Crippen LogP contribution in [0.5, 0.6) is 0 Å². The highest BCUT2D eigenvalue weighted by atomic mass is 19.4. The van der Waals surface area contributed by atoms with Crippen molar-refractivity contribution in [3.8, 4) is 0 Å². The van der Waals surface area contributed by atoms with Gasteiger partial charge in [-0.1, -0.05) is 25.9 Å². The maximum atomic E-state index is 13.8. The average molecular weight is 395 g/mol. The van der Waals surface area contributed by atoms with Crippen LogP contribution in [0.1, 0.15) is 68.8 Å². The summed E-state index contributed by atoms with van der Waals surface area (Å²) in [5.74, 6) is 0.134. The van der Waals surface area contributed by atoms with Crippen LogP contribution in [0.15, 0.2) is 10.6 Å². The molecule has 1 saturated carbocycles. The molecule has 0 radical (unpaired) electrons. The van der Waals surface area contributed by atoms with Crippen LogP contribution in [0.3, 0.4) is 0 Å². The van der Waals surface area contributed by atoms with E-state index in [2.05, 4.69) is 10.1 Å². The normalized spacial score (nSPS) is 25.5. The second-order valence-corrected chi connectivity index (χ2v) is 8.44. The predicted octanol–water partition coefficient (Wildman–Crippen LogP) is 4.73. The number of nitrogens with zero attached hydrogens (tertiary/aromatic N) is 3. The molecule has 3 unspecified atom stereocenters. The molecular formula is C20H24F3N3O2. The minimum Gasteiger partial charge on any atom is -0.342 e. The van der Waals surface area contributed by atoms with E-state index in [0.717, 1.165) is 18.9 Å². The molecule has 0 N–H and O–H groups in total. The van der Waals surface area contributed by atoms with Crippen molar-refractivity contribution in [3.05, 3.63) is 23.0 Å². The number of hydrogen-bond acceptors (Lipinski definition) is 4. The fourth-order valence-electron chi connectivity index (χ4n) is 4.09. The molecule has 0 spiro atoms. The lowest BCUT2D eigenvalue weighted by Crippen LogP contribution is -2.40. The summed E-state index contributed by atoms with van der Waals surface area (Å²) in [5, 5.41) is 3.93.